The highest BCUT2D eigenvalue weighted by Crippen LogP contribution is 2.30. The van der Waals surface area contributed by atoms with Crippen LogP contribution in [0, 0.1) is 0 Å². The van der Waals surface area contributed by atoms with Gasteiger partial charge >= 0.3 is 6.18 Å². The monoisotopic (exact) mass is 387 g/mol. The van der Waals surface area contributed by atoms with E-state index in [1.54, 1.807) is 18.2 Å². The molecule has 2 aromatic rings. The SMILES string of the molecule is CC[C@@H](Sc1ccc(Cl)cc1)C(=O)NCc1cccc(C(F)(F)F)c1. The van der Waals surface area contributed by atoms with Crippen molar-refractivity contribution in [2.45, 2.75) is 36.2 Å². The number of nitrogens with one attached hydrogen (secondary N) is 1. The number of halogens is 4. The number of carbonyl (C=O) groups is 1. The summed E-state index contributed by atoms with van der Waals surface area (Å²) in [7, 11) is 0. The molecule has 1 amide bonds. The van der Waals surface area contributed by atoms with Gasteiger partial charge in [-0.1, -0.05) is 30.7 Å². The summed E-state index contributed by atoms with van der Waals surface area (Å²) >= 11 is 7.24. The Morgan fingerprint density at radius 1 is 1.20 bits per heavy atom. The van der Waals surface area contributed by atoms with E-state index in [4.69, 9.17) is 11.6 Å². The lowest BCUT2D eigenvalue weighted by Crippen LogP contribution is -2.31. The molecule has 0 aliphatic heterocycles. The first-order valence-electron chi connectivity index (χ1n) is 7.65. The number of benzene rings is 2. The summed E-state index contributed by atoms with van der Waals surface area (Å²) < 4.78 is 38.2. The number of amides is 1. The molecule has 0 saturated heterocycles. The van der Waals surface area contributed by atoms with Gasteiger partial charge in [-0.25, -0.2) is 0 Å². The molecule has 0 fully saturated rings. The minimum absolute atomic E-state index is 0.0560. The van der Waals surface area contributed by atoms with Gasteiger partial charge in [0.25, 0.3) is 0 Å². The zero-order chi connectivity index (χ0) is 18.4. The predicted octanol–water partition coefficient (Wildman–Crippen LogP) is 5.55. The van der Waals surface area contributed by atoms with Crippen LogP contribution in [-0.2, 0) is 17.5 Å². The molecular formula is C18H17ClF3NOS. The van der Waals surface area contributed by atoms with Crippen LogP contribution < -0.4 is 5.32 Å². The fraction of sp³-hybridized carbons (Fsp3) is 0.278. The van der Waals surface area contributed by atoms with Crippen molar-refractivity contribution in [2.75, 3.05) is 0 Å². The van der Waals surface area contributed by atoms with Crippen LogP contribution in [0.2, 0.25) is 5.02 Å². The minimum atomic E-state index is -4.39. The first-order chi connectivity index (χ1) is 11.8. The van der Waals surface area contributed by atoms with Crippen LogP contribution in [0.4, 0.5) is 13.2 Å². The van der Waals surface area contributed by atoms with E-state index in [1.807, 2.05) is 19.1 Å². The van der Waals surface area contributed by atoms with Crippen molar-refractivity contribution in [3.05, 3.63) is 64.7 Å². The Morgan fingerprint density at radius 3 is 2.48 bits per heavy atom. The van der Waals surface area contributed by atoms with E-state index in [-0.39, 0.29) is 17.7 Å². The summed E-state index contributed by atoms with van der Waals surface area (Å²) in [6.45, 7) is 1.94. The van der Waals surface area contributed by atoms with Crippen LogP contribution in [0.25, 0.3) is 0 Å². The number of thioether (sulfide) groups is 1. The molecule has 1 N–H and O–H groups in total. The fourth-order valence-corrected chi connectivity index (χ4v) is 3.27. The third-order valence-electron chi connectivity index (χ3n) is 3.48. The Morgan fingerprint density at radius 2 is 1.88 bits per heavy atom. The van der Waals surface area contributed by atoms with E-state index in [1.165, 1.54) is 17.8 Å². The average molecular weight is 388 g/mol. The van der Waals surface area contributed by atoms with Crippen LogP contribution in [0.15, 0.2) is 53.4 Å². The Balaban J connectivity index is 1.97. The van der Waals surface area contributed by atoms with Crippen LogP contribution >= 0.6 is 23.4 Å². The fourth-order valence-electron chi connectivity index (χ4n) is 2.16. The standard InChI is InChI=1S/C18H17ClF3NOS/c1-2-16(25-15-8-6-14(19)7-9-15)17(24)23-11-12-4-3-5-13(10-12)18(20,21)22/h3-10,16H,2,11H2,1H3,(H,23,24)/t16-/m1/s1. The number of rotatable bonds is 6. The van der Waals surface area contributed by atoms with Gasteiger partial charge in [0.2, 0.25) is 5.91 Å². The van der Waals surface area contributed by atoms with Gasteiger partial charge in [-0.05, 0) is 48.4 Å². The molecule has 0 heterocycles. The van der Waals surface area contributed by atoms with Crippen LogP contribution in [-0.4, -0.2) is 11.2 Å². The van der Waals surface area contributed by atoms with Gasteiger partial charge in [-0.15, -0.1) is 11.8 Å². The zero-order valence-electron chi connectivity index (χ0n) is 13.4. The summed E-state index contributed by atoms with van der Waals surface area (Å²) in [4.78, 5) is 13.2. The molecule has 7 heteroatoms. The number of alkyl halides is 3. The molecule has 0 aromatic heterocycles. The van der Waals surface area contributed by atoms with Gasteiger partial charge in [0.1, 0.15) is 0 Å². The van der Waals surface area contributed by atoms with Crippen molar-refractivity contribution < 1.29 is 18.0 Å². The Kier molecular flexibility index (Phi) is 6.79. The van der Waals surface area contributed by atoms with E-state index in [9.17, 15) is 18.0 Å². The van der Waals surface area contributed by atoms with E-state index in [0.717, 1.165) is 17.0 Å². The Bertz CT molecular complexity index is 719. The largest absolute Gasteiger partial charge is 0.416 e. The molecule has 0 saturated carbocycles. The van der Waals surface area contributed by atoms with Crippen LogP contribution in [0.5, 0.6) is 0 Å². The number of carbonyl (C=O) groups excluding carboxylic acids is 1. The molecule has 0 bridgehead atoms. The molecule has 2 nitrogen and oxygen atoms in total. The number of hydrogen-bond acceptors (Lipinski definition) is 2. The molecule has 0 aliphatic rings. The summed E-state index contributed by atoms with van der Waals surface area (Å²) in [6, 6.07) is 12.1. The van der Waals surface area contributed by atoms with Crippen molar-refractivity contribution in [1.82, 2.24) is 5.32 Å². The summed E-state index contributed by atoms with van der Waals surface area (Å²) in [5, 5.41) is 3.00. The van der Waals surface area contributed by atoms with Crippen LogP contribution in [0.3, 0.4) is 0 Å². The highest BCUT2D eigenvalue weighted by Gasteiger charge is 2.30. The van der Waals surface area contributed by atoms with Gasteiger partial charge < -0.3 is 5.32 Å². The van der Waals surface area contributed by atoms with Gasteiger partial charge in [0.15, 0.2) is 0 Å². The molecule has 2 rings (SSSR count). The van der Waals surface area contributed by atoms with Crippen molar-refractivity contribution in [3.8, 4) is 0 Å². The van der Waals surface area contributed by atoms with Gasteiger partial charge in [-0.3, -0.25) is 4.79 Å². The maximum atomic E-state index is 12.7. The second-order valence-corrected chi connectivity index (χ2v) is 7.10. The third kappa shape index (κ3) is 5.97. The topological polar surface area (TPSA) is 29.1 Å². The molecule has 0 radical (unpaired) electrons. The highest BCUT2D eigenvalue weighted by atomic mass is 35.5. The molecular weight excluding hydrogens is 371 g/mol. The summed E-state index contributed by atoms with van der Waals surface area (Å²) in [5.41, 5.74) is -0.309. The van der Waals surface area contributed by atoms with E-state index >= 15 is 0 Å². The predicted molar refractivity (Wildman–Crippen MR) is 94.7 cm³/mol. The number of hydrogen-bond donors (Lipinski definition) is 1. The molecule has 134 valence electrons. The minimum Gasteiger partial charge on any atom is -0.351 e. The van der Waals surface area contributed by atoms with Crippen molar-refractivity contribution in [3.63, 3.8) is 0 Å². The van der Waals surface area contributed by atoms with E-state index in [0.29, 0.717) is 17.0 Å². The summed E-state index contributed by atoms with van der Waals surface area (Å²) in [6.07, 6.45) is -3.79. The smallest absolute Gasteiger partial charge is 0.351 e. The Labute approximate surface area is 153 Å². The van der Waals surface area contributed by atoms with Gasteiger partial charge in [0.05, 0.1) is 10.8 Å². The molecule has 0 aliphatic carbocycles. The first-order valence-corrected chi connectivity index (χ1v) is 8.91. The second-order valence-electron chi connectivity index (χ2n) is 5.38. The first kappa shape index (κ1) is 19.7. The van der Waals surface area contributed by atoms with Crippen molar-refractivity contribution >= 4 is 29.3 Å². The molecule has 1 atom stereocenters. The maximum Gasteiger partial charge on any atom is 0.416 e. The average Bonchev–Trinajstić information content (AvgIpc) is 2.58. The lowest BCUT2D eigenvalue weighted by molar-refractivity contribution is -0.137. The van der Waals surface area contributed by atoms with Crippen LogP contribution in [0.1, 0.15) is 24.5 Å². The van der Waals surface area contributed by atoms with Gasteiger partial charge in [0, 0.05) is 16.5 Å². The molecule has 0 unspecified atom stereocenters. The highest BCUT2D eigenvalue weighted by molar-refractivity contribution is 8.00. The second kappa shape index (κ2) is 8.63. The normalized spacial score (nSPS) is 12.7. The van der Waals surface area contributed by atoms with E-state index in [2.05, 4.69) is 5.32 Å². The van der Waals surface area contributed by atoms with Crippen molar-refractivity contribution in [1.29, 1.82) is 0 Å². The zero-order valence-corrected chi connectivity index (χ0v) is 15.0. The quantitative estimate of drug-likeness (QED) is 0.659. The molecule has 0 spiro atoms. The Hall–Kier alpha value is -1.66. The van der Waals surface area contributed by atoms with E-state index < -0.39 is 11.7 Å². The molecule has 2 aromatic carbocycles. The van der Waals surface area contributed by atoms with Gasteiger partial charge in [-0.2, -0.15) is 13.2 Å². The molecule has 25 heavy (non-hydrogen) atoms. The lowest BCUT2D eigenvalue weighted by Gasteiger charge is -2.15. The maximum absolute atomic E-state index is 12.7. The lowest BCUT2D eigenvalue weighted by atomic mass is 10.1. The third-order valence-corrected chi connectivity index (χ3v) is 5.10. The van der Waals surface area contributed by atoms with Crippen molar-refractivity contribution in [2.24, 2.45) is 0 Å². The summed E-state index contributed by atoms with van der Waals surface area (Å²) in [5.74, 6) is -0.208.